The Balaban J connectivity index is 2.47. The summed E-state index contributed by atoms with van der Waals surface area (Å²) in [6.07, 6.45) is 0. The molecule has 6 heteroatoms. The number of urea groups is 1. The third kappa shape index (κ3) is 5.47. The molecule has 0 aliphatic rings. The van der Waals surface area contributed by atoms with Crippen LogP contribution in [0.25, 0.3) is 0 Å². The summed E-state index contributed by atoms with van der Waals surface area (Å²) in [6.45, 7) is 8.86. The number of nitrogens with zero attached hydrogens (tertiary/aromatic N) is 2. The Morgan fingerprint density at radius 1 is 1.17 bits per heavy atom. The topological polar surface area (TPSA) is 78.9 Å². The molecule has 0 aromatic carbocycles. The number of rotatable bonds is 5. The van der Waals surface area contributed by atoms with Gasteiger partial charge in [-0.1, -0.05) is 13.8 Å². The molecule has 2 amide bonds. The van der Waals surface area contributed by atoms with Gasteiger partial charge in [-0.2, -0.15) is 0 Å². The van der Waals surface area contributed by atoms with Crippen molar-refractivity contribution in [2.24, 2.45) is 5.92 Å². The van der Waals surface area contributed by atoms with E-state index in [0.717, 1.165) is 6.54 Å². The molecule has 1 aromatic rings. The molecule has 0 atom stereocenters. The second-order valence-electron chi connectivity index (χ2n) is 4.83. The second kappa shape index (κ2) is 6.78. The van der Waals surface area contributed by atoms with Crippen molar-refractivity contribution in [3.05, 3.63) is 12.1 Å². The van der Waals surface area contributed by atoms with Crippen molar-refractivity contribution in [1.82, 2.24) is 15.5 Å². The van der Waals surface area contributed by atoms with Crippen LogP contribution in [0.1, 0.15) is 27.7 Å². The molecular formula is C12H21N5O. The zero-order valence-electron chi connectivity index (χ0n) is 11.3. The monoisotopic (exact) mass is 251 g/mol. The van der Waals surface area contributed by atoms with Crippen LogP contribution < -0.4 is 16.0 Å². The van der Waals surface area contributed by atoms with Gasteiger partial charge in [0.05, 0.1) is 0 Å². The van der Waals surface area contributed by atoms with Crippen molar-refractivity contribution in [3.63, 3.8) is 0 Å². The second-order valence-corrected chi connectivity index (χ2v) is 4.83. The summed E-state index contributed by atoms with van der Waals surface area (Å²) in [5.74, 6) is 1.68. The van der Waals surface area contributed by atoms with Gasteiger partial charge in [-0.15, -0.1) is 10.2 Å². The van der Waals surface area contributed by atoms with Crippen LogP contribution in [0.5, 0.6) is 0 Å². The molecule has 18 heavy (non-hydrogen) atoms. The van der Waals surface area contributed by atoms with E-state index in [1.807, 2.05) is 13.8 Å². The summed E-state index contributed by atoms with van der Waals surface area (Å²) < 4.78 is 0. The van der Waals surface area contributed by atoms with Crippen molar-refractivity contribution < 1.29 is 4.79 Å². The maximum Gasteiger partial charge on any atom is 0.320 e. The van der Waals surface area contributed by atoms with Gasteiger partial charge in [0.2, 0.25) is 0 Å². The van der Waals surface area contributed by atoms with E-state index in [0.29, 0.717) is 17.6 Å². The summed E-state index contributed by atoms with van der Waals surface area (Å²) in [4.78, 5) is 11.4. The molecule has 0 saturated carbocycles. The molecule has 1 heterocycles. The van der Waals surface area contributed by atoms with E-state index in [2.05, 4.69) is 40.0 Å². The fraction of sp³-hybridized carbons (Fsp3) is 0.583. The average Bonchev–Trinajstić information content (AvgIpc) is 2.26. The molecule has 0 aliphatic heterocycles. The van der Waals surface area contributed by atoms with E-state index < -0.39 is 0 Å². The minimum Gasteiger partial charge on any atom is -0.368 e. The molecule has 0 bridgehead atoms. The first-order valence-electron chi connectivity index (χ1n) is 6.12. The Kier molecular flexibility index (Phi) is 5.35. The van der Waals surface area contributed by atoms with Crippen LogP contribution in [0.4, 0.5) is 16.4 Å². The van der Waals surface area contributed by atoms with Crippen molar-refractivity contribution in [1.29, 1.82) is 0 Å². The summed E-state index contributed by atoms with van der Waals surface area (Å²) >= 11 is 0. The van der Waals surface area contributed by atoms with Crippen LogP contribution in [0.3, 0.4) is 0 Å². The minimum absolute atomic E-state index is 0.0879. The summed E-state index contributed by atoms with van der Waals surface area (Å²) in [5.41, 5.74) is 0. The maximum absolute atomic E-state index is 11.4. The molecule has 0 radical (unpaired) electrons. The normalized spacial score (nSPS) is 10.6. The Morgan fingerprint density at radius 2 is 1.78 bits per heavy atom. The minimum atomic E-state index is -0.276. The van der Waals surface area contributed by atoms with Gasteiger partial charge in [-0.3, -0.25) is 5.32 Å². The number of anilines is 2. The van der Waals surface area contributed by atoms with Gasteiger partial charge in [0.1, 0.15) is 5.82 Å². The first-order chi connectivity index (χ1) is 8.47. The molecule has 0 fully saturated rings. The zero-order chi connectivity index (χ0) is 13.5. The first kappa shape index (κ1) is 14.2. The SMILES string of the molecule is CC(C)CNc1ccc(NC(=O)NC(C)C)nn1. The lowest BCUT2D eigenvalue weighted by molar-refractivity contribution is 0.250. The third-order valence-electron chi connectivity index (χ3n) is 2.02. The van der Waals surface area contributed by atoms with Gasteiger partial charge in [-0.25, -0.2) is 4.79 Å². The lowest BCUT2D eigenvalue weighted by Gasteiger charge is -2.10. The van der Waals surface area contributed by atoms with E-state index in [9.17, 15) is 4.79 Å². The maximum atomic E-state index is 11.4. The van der Waals surface area contributed by atoms with Crippen LogP contribution in [-0.4, -0.2) is 28.8 Å². The molecule has 1 rings (SSSR count). The highest BCUT2D eigenvalue weighted by Gasteiger charge is 2.04. The average molecular weight is 251 g/mol. The van der Waals surface area contributed by atoms with E-state index in [-0.39, 0.29) is 12.1 Å². The summed E-state index contributed by atoms with van der Waals surface area (Å²) in [7, 11) is 0. The number of aromatic nitrogens is 2. The Hall–Kier alpha value is -1.85. The van der Waals surface area contributed by atoms with Gasteiger partial charge >= 0.3 is 6.03 Å². The predicted molar refractivity (Wildman–Crippen MR) is 72.7 cm³/mol. The quantitative estimate of drug-likeness (QED) is 0.748. The predicted octanol–water partition coefficient (Wildman–Crippen LogP) is 2.07. The summed E-state index contributed by atoms with van der Waals surface area (Å²) in [6, 6.07) is 3.32. The van der Waals surface area contributed by atoms with Crippen LogP contribution in [-0.2, 0) is 0 Å². The number of nitrogens with one attached hydrogen (secondary N) is 3. The zero-order valence-corrected chi connectivity index (χ0v) is 11.3. The number of carbonyl (C=O) groups is 1. The lowest BCUT2D eigenvalue weighted by atomic mass is 10.2. The molecule has 0 spiro atoms. The van der Waals surface area contributed by atoms with E-state index in [4.69, 9.17) is 0 Å². The van der Waals surface area contributed by atoms with E-state index in [1.54, 1.807) is 12.1 Å². The Labute approximate surface area is 108 Å². The van der Waals surface area contributed by atoms with Gasteiger partial charge in [0.25, 0.3) is 0 Å². The van der Waals surface area contributed by atoms with Crippen LogP contribution >= 0.6 is 0 Å². The summed E-state index contributed by atoms with van der Waals surface area (Å²) in [5, 5.41) is 16.4. The molecule has 3 N–H and O–H groups in total. The third-order valence-corrected chi connectivity index (χ3v) is 2.02. The largest absolute Gasteiger partial charge is 0.368 e. The van der Waals surface area contributed by atoms with E-state index in [1.165, 1.54) is 0 Å². The Bertz CT molecular complexity index is 375. The van der Waals surface area contributed by atoms with E-state index >= 15 is 0 Å². The van der Waals surface area contributed by atoms with Crippen LogP contribution in [0.15, 0.2) is 12.1 Å². The highest BCUT2D eigenvalue weighted by Crippen LogP contribution is 2.06. The molecule has 0 saturated heterocycles. The van der Waals surface area contributed by atoms with Gasteiger partial charge in [0.15, 0.2) is 5.82 Å². The number of hydrogen-bond acceptors (Lipinski definition) is 4. The van der Waals surface area contributed by atoms with Gasteiger partial charge in [-0.05, 0) is 31.9 Å². The van der Waals surface area contributed by atoms with Gasteiger partial charge < -0.3 is 10.6 Å². The molecule has 6 nitrogen and oxygen atoms in total. The number of carbonyl (C=O) groups excluding carboxylic acids is 1. The smallest absolute Gasteiger partial charge is 0.320 e. The molecule has 100 valence electrons. The number of hydrogen-bond donors (Lipinski definition) is 3. The van der Waals surface area contributed by atoms with Gasteiger partial charge in [0, 0.05) is 12.6 Å². The molecule has 1 aromatic heterocycles. The van der Waals surface area contributed by atoms with Crippen molar-refractivity contribution in [2.75, 3.05) is 17.2 Å². The standard InChI is InChI=1S/C12H21N5O/c1-8(2)7-13-10-5-6-11(17-16-10)15-12(18)14-9(3)4/h5-6,8-9H,7H2,1-4H3,(H,13,16)(H2,14,15,17,18). The fourth-order valence-electron chi connectivity index (χ4n) is 1.22. The number of amides is 2. The van der Waals surface area contributed by atoms with Crippen molar-refractivity contribution in [3.8, 4) is 0 Å². The molecule has 0 unspecified atom stereocenters. The van der Waals surface area contributed by atoms with Crippen LogP contribution in [0, 0.1) is 5.92 Å². The highest BCUT2D eigenvalue weighted by atomic mass is 16.2. The first-order valence-corrected chi connectivity index (χ1v) is 6.12. The Morgan fingerprint density at radius 3 is 2.28 bits per heavy atom. The highest BCUT2D eigenvalue weighted by molar-refractivity contribution is 5.88. The molecule has 0 aliphatic carbocycles. The van der Waals surface area contributed by atoms with Crippen LogP contribution in [0.2, 0.25) is 0 Å². The fourth-order valence-corrected chi connectivity index (χ4v) is 1.22. The lowest BCUT2D eigenvalue weighted by Crippen LogP contribution is -2.34. The van der Waals surface area contributed by atoms with Crippen molar-refractivity contribution in [2.45, 2.75) is 33.7 Å². The van der Waals surface area contributed by atoms with Crippen molar-refractivity contribution >= 4 is 17.7 Å². The molecular weight excluding hydrogens is 230 g/mol.